The number of likely N-dealkylation sites (tertiary alicyclic amines) is 1. The summed E-state index contributed by atoms with van der Waals surface area (Å²) in [6.07, 6.45) is 4.55. The van der Waals surface area contributed by atoms with Crippen LogP contribution in [0.5, 0.6) is 5.75 Å². The first-order chi connectivity index (χ1) is 28.5. The third-order valence-corrected chi connectivity index (χ3v) is 10.7. The van der Waals surface area contributed by atoms with Crippen LogP contribution in [0.1, 0.15) is 61.9 Å². The van der Waals surface area contributed by atoms with Crippen LogP contribution in [0.2, 0.25) is 5.02 Å². The highest BCUT2D eigenvalue weighted by Crippen LogP contribution is 2.34. The van der Waals surface area contributed by atoms with Gasteiger partial charge in [-0.25, -0.2) is 15.0 Å². The molecule has 4 heterocycles. The summed E-state index contributed by atoms with van der Waals surface area (Å²) in [6.45, 7) is 10.0. The summed E-state index contributed by atoms with van der Waals surface area (Å²) in [5, 5.41) is 24.8. The Hall–Kier alpha value is -5.66. The smallest absolute Gasteiger partial charge is 0.251 e. The van der Waals surface area contributed by atoms with Crippen LogP contribution < -0.4 is 31.3 Å². The Morgan fingerprint density at radius 3 is 2.58 bits per heavy atom. The number of nitrogens with one attached hydrogen (secondary N) is 5. The van der Waals surface area contributed by atoms with E-state index < -0.39 is 6.04 Å². The van der Waals surface area contributed by atoms with E-state index in [9.17, 15) is 19.6 Å². The van der Waals surface area contributed by atoms with E-state index in [1.54, 1.807) is 30.5 Å². The maximum atomic E-state index is 12.5. The van der Waals surface area contributed by atoms with Crippen LogP contribution in [0.4, 0.5) is 17.6 Å². The Balaban J connectivity index is 0.809. The van der Waals surface area contributed by atoms with Crippen LogP contribution in [0.3, 0.4) is 0 Å². The first-order valence-corrected chi connectivity index (χ1v) is 20.3. The summed E-state index contributed by atoms with van der Waals surface area (Å²) in [4.78, 5) is 51.6. The second-order valence-corrected chi connectivity index (χ2v) is 15.7. The zero-order chi connectivity index (χ0) is 41.6. The van der Waals surface area contributed by atoms with E-state index in [0.29, 0.717) is 60.3 Å². The van der Waals surface area contributed by atoms with Crippen molar-refractivity contribution in [1.29, 1.82) is 5.26 Å². The lowest BCUT2D eigenvalue weighted by molar-refractivity contribution is -0.133. The van der Waals surface area contributed by atoms with E-state index in [1.165, 1.54) is 0 Å². The van der Waals surface area contributed by atoms with Crippen LogP contribution in [-0.2, 0) is 31.1 Å². The summed E-state index contributed by atoms with van der Waals surface area (Å²) >= 11 is 6.28. The van der Waals surface area contributed by atoms with Gasteiger partial charge in [-0.2, -0.15) is 5.26 Å². The number of halogens is 1. The Morgan fingerprint density at radius 2 is 1.80 bits per heavy atom. The van der Waals surface area contributed by atoms with Crippen molar-refractivity contribution in [1.82, 2.24) is 30.5 Å². The normalized spacial score (nSPS) is 16.2. The third kappa shape index (κ3) is 12.9. The SMILES string of the molecule is CC(C)(c1ccc(OCc2ccnc(NCCNCC3CCN(CCOCC(=O)Nc4cccc(NC5CCC(=O)NC5=O)n4)CC3)n2)cc1)c1cc(Cl)cc(C#N)c1. The minimum absolute atomic E-state index is 0.0861. The Labute approximate surface area is 349 Å². The molecule has 0 aliphatic carbocycles. The van der Waals surface area contributed by atoms with E-state index in [0.717, 1.165) is 68.1 Å². The second-order valence-electron chi connectivity index (χ2n) is 15.2. The van der Waals surface area contributed by atoms with Crippen LogP contribution in [-0.4, -0.2) is 96.1 Å². The molecule has 4 aromatic rings. The van der Waals surface area contributed by atoms with E-state index >= 15 is 0 Å². The Bertz CT molecular complexity index is 2100. The summed E-state index contributed by atoms with van der Waals surface area (Å²) in [7, 11) is 0. The number of rotatable bonds is 19. The predicted molar refractivity (Wildman–Crippen MR) is 225 cm³/mol. The summed E-state index contributed by atoms with van der Waals surface area (Å²) in [5.41, 5.74) is 3.00. The number of aromatic nitrogens is 3. The van der Waals surface area contributed by atoms with Gasteiger partial charge in [-0.3, -0.25) is 19.7 Å². The molecule has 1 unspecified atom stereocenters. The molecule has 59 heavy (non-hydrogen) atoms. The zero-order valence-corrected chi connectivity index (χ0v) is 34.2. The van der Waals surface area contributed by atoms with Crippen LogP contribution >= 0.6 is 11.6 Å². The number of imide groups is 1. The molecule has 15 nitrogen and oxygen atoms in total. The highest BCUT2D eigenvalue weighted by Gasteiger charge is 2.27. The number of hydrogen-bond acceptors (Lipinski definition) is 13. The van der Waals surface area contributed by atoms with Gasteiger partial charge in [-0.15, -0.1) is 0 Å². The molecule has 16 heteroatoms. The van der Waals surface area contributed by atoms with Crippen molar-refractivity contribution in [3.05, 3.63) is 100 Å². The molecule has 3 amide bonds. The van der Waals surface area contributed by atoms with Crippen molar-refractivity contribution in [2.75, 3.05) is 68.4 Å². The molecule has 2 aromatic carbocycles. The van der Waals surface area contributed by atoms with E-state index in [1.807, 2.05) is 42.5 Å². The summed E-state index contributed by atoms with van der Waals surface area (Å²) < 4.78 is 11.7. The number of amides is 3. The number of benzene rings is 2. The fraction of sp³-hybridized carbons (Fsp3) is 0.419. The largest absolute Gasteiger partial charge is 0.487 e. The molecule has 2 fully saturated rings. The van der Waals surface area contributed by atoms with Gasteiger partial charge in [0.1, 0.15) is 36.6 Å². The van der Waals surface area contributed by atoms with Gasteiger partial charge in [0.05, 0.1) is 23.9 Å². The van der Waals surface area contributed by atoms with Gasteiger partial charge in [0.25, 0.3) is 5.91 Å². The molecule has 0 bridgehead atoms. The molecular formula is C43H51ClN10O5. The molecule has 0 spiro atoms. The highest BCUT2D eigenvalue weighted by atomic mass is 35.5. The number of nitrogens with zero attached hydrogens (tertiary/aromatic N) is 5. The fourth-order valence-corrected chi connectivity index (χ4v) is 7.22. The van der Waals surface area contributed by atoms with Gasteiger partial charge < -0.3 is 35.6 Å². The van der Waals surface area contributed by atoms with Crippen molar-refractivity contribution < 1.29 is 23.9 Å². The van der Waals surface area contributed by atoms with Crippen molar-refractivity contribution >= 4 is 46.9 Å². The van der Waals surface area contributed by atoms with Crippen LogP contribution in [0.15, 0.2) is 72.9 Å². The molecule has 2 aliphatic heterocycles. The van der Waals surface area contributed by atoms with E-state index in [-0.39, 0.29) is 36.2 Å². The molecule has 6 rings (SSSR count). The topological polar surface area (TPSA) is 196 Å². The molecule has 1 atom stereocenters. The number of pyridine rings is 1. The van der Waals surface area contributed by atoms with Gasteiger partial charge >= 0.3 is 0 Å². The van der Waals surface area contributed by atoms with Crippen molar-refractivity contribution in [3.8, 4) is 11.8 Å². The molecule has 2 aromatic heterocycles. The van der Waals surface area contributed by atoms with Gasteiger partial charge in [0, 0.05) is 42.7 Å². The number of piperidine rings is 2. The lowest BCUT2D eigenvalue weighted by Crippen LogP contribution is -2.47. The molecule has 310 valence electrons. The molecule has 2 saturated heterocycles. The second kappa shape index (κ2) is 20.9. The van der Waals surface area contributed by atoms with Crippen LogP contribution in [0, 0.1) is 17.2 Å². The average molecular weight is 823 g/mol. The number of hydrogen-bond donors (Lipinski definition) is 5. The maximum absolute atomic E-state index is 12.5. The van der Waals surface area contributed by atoms with E-state index in [4.69, 9.17) is 21.1 Å². The molecule has 2 aliphatic rings. The van der Waals surface area contributed by atoms with Gasteiger partial charge in [-0.1, -0.05) is 43.6 Å². The Kier molecular flexibility index (Phi) is 15.2. The lowest BCUT2D eigenvalue weighted by atomic mass is 9.78. The fourth-order valence-electron chi connectivity index (χ4n) is 6.98. The standard InChI is InChI=1S/C43H51ClN10O5/c1-43(2,32-22-30(25-45)23-33(44)24-32)31-6-8-35(9-7-31)59-27-34-12-15-47-42(49-34)48-17-16-46-26-29-13-18-54(19-14-29)20-21-58-28-40(56)52-38-5-3-4-37(51-38)50-36-10-11-39(55)53-41(36)57/h3-9,12,15,22-24,29,36,46H,10-11,13-14,16-21,26-28H2,1-2H3,(H,47,48,49)(H,53,55,57)(H2,50,51,52,56). The highest BCUT2D eigenvalue weighted by molar-refractivity contribution is 6.30. The van der Waals surface area contributed by atoms with Gasteiger partial charge in [0.15, 0.2) is 0 Å². The maximum Gasteiger partial charge on any atom is 0.251 e. The molecule has 5 N–H and O–H groups in total. The quantitative estimate of drug-likeness (QED) is 0.0635. The number of carbonyl (C=O) groups excluding carboxylic acids is 3. The number of anilines is 3. The van der Waals surface area contributed by atoms with Crippen molar-refractivity contribution in [2.45, 2.75) is 57.6 Å². The molecule has 0 radical (unpaired) electrons. The predicted octanol–water partition coefficient (Wildman–Crippen LogP) is 4.89. The monoisotopic (exact) mass is 822 g/mol. The first-order valence-electron chi connectivity index (χ1n) is 19.9. The zero-order valence-electron chi connectivity index (χ0n) is 33.4. The third-order valence-electron chi connectivity index (χ3n) is 10.5. The van der Waals surface area contributed by atoms with Crippen molar-refractivity contribution in [2.24, 2.45) is 5.92 Å². The van der Waals surface area contributed by atoms with Crippen molar-refractivity contribution in [3.63, 3.8) is 0 Å². The lowest BCUT2D eigenvalue weighted by Gasteiger charge is -2.32. The van der Waals surface area contributed by atoms with Crippen LogP contribution in [0.25, 0.3) is 0 Å². The summed E-state index contributed by atoms with van der Waals surface area (Å²) in [6, 6.07) is 21.9. The average Bonchev–Trinajstić information content (AvgIpc) is 3.23. The number of nitriles is 1. The molecular weight excluding hydrogens is 772 g/mol. The van der Waals surface area contributed by atoms with E-state index in [2.05, 4.69) is 66.4 Å². The number of ether oxygens (including phenoxy) is 2. The minimum Gasteiger partial charge on any atom is -0.487 e. The van der Waals surface area contributed by atoms with Gasteiger partial charge in [0.2, 0.25) is 17.8 Å². The minimum atomic E-state index is -0.557. The first kappa shape index (κ1) is 42.9. The molecule has 0 saturated carbocycles. The van der Waals surface area contributed by atoms with Gasteiger partial charge in [-0.05, 0) is 104 Å². The Morgan fingerprint density at radius 1 is 1.00 bits per heavy atom. The number of carbonyl (C=O) groups is 3. The summed E-state index contributed by atoms with van der Waals surface area (Å²) in [5.74, 6) is 1.68.